The van der Waals surface area contributed by atoms with Crippen LogP contribution in [0, 0.1) is 5.95 Å². The van der Waals surface area contributed by atoms with Gasteiger partial charge in [-0.05, 0) is 23.8 Å². The van der Waals surface area contributed by atoms with Gasteiger partial charge >= 0.3 is 5.97 Å². The molecule has 0 amide bonds. The number of aromatic hydroxyl groups is 1. The third-order valence-corrected chi connectivity index (χ3v) is 4.36. The van der Waals surface area contributed by atoms with E-state index in [1.807, 2.05) is 18.2 Å². The van der Waals surface area contributed by atoms with E-state index in [0.717, 1.165) is 5.56 Å². The highest BCUT2D eigenvalue weighted by Crippen LogP contribution is 2.42. The van der Waals surface area contributed by atoms with Crippen LogP contribution in [0.15, 0.2) is 48.5 Å². The summed E-state index contributed by atoms with van der Waals surface area (Å²) >= 11 is 12.1. The number of nitrogens with zero attached hydrogens (tertiary/aromatic N) is 1. The van der Waals surface area contributed by atoms with Crippen LogP contribution in [0.2, 0.25) is 10.0 Å². The third-order valence-electron chi connectivity index (χ3n) is 3.68. The number of carboxylic acid groups (broad SMARTS) is 1. The summed E-state index contributed by atoms with van der Waals surface area (Å²) in [6.45, 7) is -0.523. The zero-order chi connectivity index (χ0) is 20.3. The van der Waals surface area contributed by atoms with Crippen molar-refractivity contribution in [3.05, 3.63) is 64.5 Å². The lowest BCUT2D eigenvalue weighted by Crippen LogP contribution is -2.14. The van der Waals surface area contributed by atoms with Gasteiger partial charge in [0, 0.05) is 5.56 Å². The molecule has 28 heavy (non-hydrogen) atoms. The Morgan fingerprint density at radius 1 is 1.14 bits per heavy atom. The van der Waals surface area contributed by atoms with Crippen molar-refractivity contribution < 1.29 is 24.1 Å². The third kappa shape index (κ3) is 4.27. The van der Waals surface area contributed by atoms with Gasteiger partial charge in [0.15, 0.2) is 11.6 Å². The summed E-state index contributed by atoms with van der Waals surface area (Å²) in [5.41, 5.74) is 1.23. The van der Waals surface area contributed by atoms with Crippen LogP contribution in [-0.4, -0.2) is 27.7 Å². The van der Waals surface area contributed by atoms with Gasteiger partial charge in [-0.2, -0.15) is 9.37 Å². The molecule has 1 heterocycles. The van der Waals surface area contributed by atoms with E-state index in [0.29, 0.717) is 5.56 Å². The molecule has 144 valence electrons. The van der Waals surface area contributed by atoms with Gasteiger partial charge in [0.05, 0.1) is 0 Å². The number of aliphatic carboxylic acids is 1. The van der Waals surface area contributed by atoms with Crippen LogP contribution < -0.4 is 10.1 Å². The molecule has 0 radical (unpaired) electrons. The number of hydrogen-bond acceptors (Lipinski definition) is 5. The predicted octanol–water partition coefficient (Wildman–Crippen LogP) is 5.19. The number of phenols is 1. The van der Waals surface area contributed by atoms with Gasteiger partial charge < -0.3 is 20.3 Å². The van der Waals surface area contributed by atoms with E-state index in [-0.39, 0.29) is 28.1 Å². The number of ether oxygens (including phenoxy) is 1. The molecule has 0 saturated carbocycles. The number of aromatic nitrogens is 1. The molecule has 6 nitrogen and oxygen atoms in total. The Hall–Kier alpha value is -3.03. The lowest BCUT2D eigenvalue weighted by molar-refractivity contribution is -0.134. The van der Waals surface area contributed by atoms with Gasteiger partial charge in [0.1, 0.15) is 28.1 Å². The molecule has 0 aliphatic rings. The molecule has 0 spiro atoms. The Bertz CT molecular complexity index is 1030. The van der Waals surface area contributed by atoms with Crippen LogP contribution in [0.4, 0.5) is 10.2 Å². The number of hydrogen-bond donors (Lipinski definition) is 3. The Labute approximate surface area is 169 Å². The number of carbonyl (C=O) groups is 1. The van der Waals surface area contributed by atoms with Crippen molar-refractivity contribution >= 4 is 35.0 Å². The second-order valence-electron chi connectivity index (χ2n) is 5.60. The van der Waals surface area contributed by atoms with Gasteiger partial charge in [-0.25, -0.2) is 0 Å². The molecule has 0 unspecified atom stereocenters. The molecule has 2 aromatic carbocycles. The molecule has 3 N–H and O–H groups in total. The first-order chi connectivity index (χ1) is 13.4. The highest BCUT2D eigenvalue weighted by Gasteiger charge is 2.20. The molecule has 9 heteroatoms. The Kier molecular flexibility index (Phi) is 5.87. The zero-order valence-electron chi connectivity index (χ0n) is 14.1. The van der Waals surface area contributed by atoms with Crippen molar-refractivity contribution in [2.45, 2.75) is 0 Å². The van der Waals surface area contributed by atoms with Gasteiger partial charge in [-0.1, -0.05) is 53.5 Å². The molecule has 0 fully saturated rings. The van der Waals surface area contributed by atoms with E-state index in [1.54, 1.807) is 18.2 Å². The maximum absolute atomic E-state index is 14.0. The lowest BCUT2D eigenvalue weighted by atomic mass is 10.0. The van der Waals surface area contributed by atoms with Crippen molar-refractivity contribution in [2.24, 2.45) is 0 Å². The zero-order valence-corrected chi connectivity index (χ0v) is 15.6. The average Bonchev–Trinajstić information content (AvgIpc) is 2.68. The van der Waals surface area contributed by atoms with Crippen LogP contribution in [0.3, 0.4) is 0 Å². The van der Waals surface area contributed by atoms with E-state index in [9.17, 15) is 14.3 Å². The fraction of sp³-hybridized carbons (Fsp3) is 0.0526. The fourth-order valence-corrected chi connectivity index (χ4v) is 2.87. The molecule has 0 bridgehead atoms. The molecular formula is C19H13Cl2FN2O4. The maximum atomic E-state index is 14.0. The highest BCUT2D eigenvalue weighted by molar-refractivity contribution is 6.38. The second-order valence-corrected chi connectivity index (χ2v) is 6.36. The van der Waals surface area contributed by atoms with E-state index < -0.39 is 23.5 Å². The highest BCUT2D eigenvalue weighted by atomic mass is 35.5. The van der Waals surface area contributed by atoms with E-state index in [1.165, 1.54) is 12.1 Å². The normalized spacial score (nSPS) is 10.5. The summed E-state index contributed by atoms with van der Waals surface area (Å²) in [5, 5.41) is 20.6. The Morgan fingerprint density at radius 2 is 1.86 bits per heavy atom. The predicted molar refractivity (Wildman–Crippen MR) is 104 cm³/mol. The number of anilines is 1. The number of nitrogens with one attached hydrogen (secondary N) is 1. The summed E-state index contributed by atoms with van der Waals surface area (Å²) < 4.78 is 19.7. The maximum Gasteiger partial charge on any atom is 0.322 e. The summed E-state index contributed by atoms with van der Waals surface area (Å²) in [6, 6.07) is 13.5. The number of benzene rings is 2. The van der Waals surface area contributed by atoms with Crippen LogP contribution in [0.5, 0.6) is 17.2 Å². The monoisotopic (exact) mass is 422 g/mol. The molecule has 0 saturated heterocycles. The summed E-state index contributed by atoms with van der Waals surface area (Å²) in [6.07, 6.45) is 0. The number of carboxylic acids is 1. The molecule has 3 rings (SSSR count). The minimum Gasteiger partial charge on any atom is -0.507 e. The molecule has 1 aromatic heterocycles. The van der Waals surface area contributed by atoms with Crippen molar-refractivity contribution in [2.75, 3.05) is 11.9 Å². The van der Waals surface area contributed by atoms with Crippen molar-refractivity contribution in [3.8, 4) is 28.4 Å². The molecule has 0 atom stereocenters. The van der Waals surface area contributed by atoms with Crippen LogP contribution in [0.25, 0.3) is 11.1 Å². The molecule has 3 aromatic rings. The molecular weight excluding hydrogens is 410 g/mol. The number of phenolic OH excluding ortho intramolecular Hbond substituents is 1. The smallest absolute Gasteiger partial charge is 0.322 e. The van der Waals surface area contributed by atoms with Crippen LogP contribution in [-0.2, 0) is 4.79 Å². The quantitative estimate of drug-likeness (QED) is 0.473. The fourth-order valence-electron chi connectivity index (χ4n) is 2.41. The van der Waals surface area contributed by atoms with Crippen molar-refractivity contribution in [3.63, 3.8) is 0 Å². The minimum absolute atomic E-state index is 0.0282. The standard InChI is InChI=1S/C19H13Cl2FN2O4/c20-15-17(16(21)19(24-18(15)22)23-9-14(26)27)28-11-6-7-13(25)12(8-11)10-4-2-1-3-5-10/h1-8,25H,9H2,(H,23,24)(H,26,27). The van der Waals surface area contributed by atoms with Crippen LogP contribution >= 0.6 is 23.2 Å². The second kappa shape index (κ2) is 8.33. The van der Waals surface area contributed by atoms with Crippen LogP contribution in [0.1, 0.15) is 0 Å². The van der Waals surface area contributed by atoms with Gasteiger partial charge in [0.2, 0.25) is 5.95 Å². The summed E-state index contributed by atoms with van der Waals surface area (Å²) in [5.74, 6) is -2.44. The first-order valence-corrected chi connectivity index (χ1v) is 8.69. The Balaban J connectivity index is 1.99. The Morgan fingerprint density at radius 3 is 2.54 bits per heavy atom. The van der Waals surface area contributed by atoms with E-state index in [2.05, 4.69) is 10.3 Å². The summed E-state index contributed by atoms with van der Waals surface area (Å²) in [7, 11) is 0. The van der Waals surface area contributed by atoms with E-state index in [4.69, 9.17) is 33.0 Å². The van der Waals surface area contributed by atoms with Gasteiger partial charge in [-0.15, -0.1) is 0 Å². The van der Waals surface area contributed by atoms with Gasteiger partial charge in [-0.3, -0.25) is 4.79 Å². The number of halogens is 3. The largest absolute Gasteiger partial charge is 0.507 e. The van der Waals surface area contributed by atoms with E-state index >= 15 is 0 Å². The molecule has 0 aliphatic heterocycles. The van der Waals surface area contributed by atoms with Crippen molar-refractivity contribution in [1.82, 2.24) is 4.98 Å². The molecule has 0 aliphatic carbocycles. The lowest BCUT2D eigenvalue weighted by Gasteiger charge is -2.14. The first kappa shape index (κ1) is 19.7. The average molecular weight is 423 g/mol. The van der Waals surface area contributed by atoms with Crippen molar-refractivity contribution in [1.29, 1.82) is 0 Å². The summed E-state index contributed by atoms with van der Waals surface area (Å²) in [4.78, 5) is 14.2. The first-order valence-electron chi connectivity index (χ1n) is 7.93. The topological polar surface area (TPSA) is 91.7 Å². The number of pyridine rings is 1. The van der Waals surface area contributed by atoms with Gasteiger partial charge in [0.25, 0.3) is 0 Å². The SMILES string of the molecule is O=C(O)CNc1nc(F)c(Cl)c(Oc2ccc(O)c(-c3ccccc3)c2)c1Cl. The number of rotatable bonds is 6. The minimum atomic E-state index is -1.18.